The Hall–Kier alpha value is -2.55. The molecule has 2 rings (SSSR count). The summed E-state index contributed by atoms with van der Waals surface area (Å²) in [5, 5.41) is 6.23. The van der Waals surface area contributed by atoms with Crippen molar-refractivity contribution in [2.24, 2.45) is 0 Å². The highest BCUT2D eigenvalue weighted by atomic mass is 16.1. The average Bonchev–Trinajstić information content (AvgIpc) is 2.44. The maximum absolute atomic E-state index is 11.7. The van der Waals surface area contributed by atoms with Crippen molar-refractivity contribution >= 4 is 23.0 Å². The van der Waals surface area contributed by atoms with Crippen LogP contribution in [0.15, 0.2) is 54.6 Å². The molecule has 0 unspecified atom stereocenters. The third-order valence-corrected chi connectivity index (χ3v) is 3.29. The van der Waals surface area contributed by atoms with E-state index in [-0.39, 0.29) is 5.91 Å². The summed E-state index contributed by atoms with van der Waals surface area (Å²) in [7, 11) is 0. The number of carbonyl (C=O) groups is 1. The third-order valence-electron chi connectivity index (χ3n) is 3.29. The molecule has 3 nitrogen and oxygen atoms in total. The lowest BCUT2D eigenvalue weighted by Gasteiger charge is -2.13. The molecule has 0 radical (unpaired) electrons. The van der Waals surface area contributed by atoms with Crippen LogP contribution in [-0.2, 0) is 4.79 Å². The number of hydrogen-bond acceptors (Lipinski definition) is 2. The van der Waals surface area contributed by atoms with Gasteiger partial charge in [0.25, 0.3) is 5.91 Å². The van der Waals surface area contributed by atoms with E-state index in [1.54, 1.807) is 6.92 Å². The van der Waals surface area contributed by atoms with Gasteiger partial charge < -0.3 is 10.6 Å². The topological polar surface area (TPSA) is 41.1 Å². The van der Waals surface area contributed by atoms with E-state index in [1.807, 2.05) is 43.3 Å². The quantitative estimate of drug-likeness (QED) is 0.806. The van der Waals surface area contributed by atoms with Crippen LogP contribution in [0, 0.1) is 13.8 Å². The Morgan fingerprint density at radius 2 is 1.71 bits per heavy atom. The molecule has 0 saturated heterocycles. The van der Waals surface area contributed by atoms with E-state index in [0.29, 0.717) is 5.57 Å². The third kappa shape index (κ3) is 3.72. The van der Waals surface area contributed by atoms with E-state index in [1.165, 1.54) is 5.56 Å². The Morgan fingerprint density at radius 1 is 1.00 bits per heavy atom. The lowest BCUT2D eigenvalue weighted by molar-refractivity contribution is -0.112. The van der Waals surface area contributed by atoms with E-state index in [9.17, 15) is 4.79 Å². The Balaban J connectivity index is 2.18. The van der Waals surface area contributed by atoms with Crippen molar-refractivity contribution in [2.45, 2.75) is 20.8 Å². The molecule has 0 aliphatic rings. The van der Waals surface area contributed by atoms with Crippen LogP contribution < -0.4 is 10.6 Å². The predicted molar refractivity (Wildman–Crippen MR) is 89.1 cm³/mol. The lowest BCUT2D eigenvalue weighted by Crippen LogP contribution is -2.12. The minimum Gasteiger partial charge on any atom is -0.355 e. The number of rotatable bonds is 4. The maximum Gasteiger partial charge on any atom is 0.250 e. The number of carbonyl (C=O) groups excluding carboxylic acids is 1. The summed E-state index contributed by atoms with van der Waals surface area (Å²) >= 11 is 0. The van der Waals surface area contributed by atoms with Gasteiger partial charge in [0.05, 0.1) is 0 Å². The van der Waals surface area contributed by atoms with Crippen LogP contribution >= 0.6 is 0 Å². The van der Waals surface area contributed by atoms with Gasteiger partial charge in [-0.25, -0.2) is 0 Å². The molecule has 2 aromatic rings. The van der Waals surface area contributed by atoms with Crippen LogP contribution in [0.1, 0.15) is 18.1 Å². The molecule has 0 atom stereocenters. The largest absolute Gasteiger partial charge is 0.355 e. The molecule has 0 heterocycles. The number of para-hydroxylation sites is 1. The molecule has 0 aromatic heterocycles. The zero-order valence-electron chi connectivity index (χ0n) is 12.7. The van der Waals surface area contributed by atoms with Gasteiger partial charge >= 0.3 is 0 Å². The second-order valence-corrected chi connectivity index (χ2v) is 5.20. The molecule has 108 valence electrons. The molecular weight excluding hydrogens is 260 g/mol. The average molecular weight is 280 g/mol. The molecule has 0 spiro atoms. The molecule has 0 saturated carbocycles. The van der Waals surface area contributed by atoms with Crippen LogP contribution in [0.5, 0.6) is 0 Å². The van der Waals surface area contributed by atoms with Gasteiger partial charge in [-0.1, -0.05) is 24.8 Å². The molecule has 2 aromatic carbocycles. The molecular formula is C18H20N2O. The van der Waals surface area contributed by atoms with Crippen LogP contribution in [0.25, 0.3) is 0 Å². The lowest BCUT2D eigenvalue weighted by atomic mass is 10.1. The number of amides is 1. The van der Waals surface area contributed by atoms with E-state index in [2.05, 4.69) is 30.2 Å². The molecule has 21 heavy (non-hydrogen) atoms. The van der Waals surface area contributed by atoms with Gasteiger partial charge in [-0.3, -0.25) is 4.79 Å². The monoisotopic (exact) mass is 280 g/mol. The predicted octanol–water partition coefficient (Wildman–Crippen LogP) is 4.56. The second kappa shape index (κ2) is 6.27. The van der Waals surface area contributed by atoms with Crippen molar-refractivity contribution in [1.29, 1.82) is 0 Å². The van der Waals surface area contributed by atoms with Crippen LogP contribution in [0.3, 0.4) is 0 Å². The fourth-order valence-electron chi connectivity index (χ4n) is 1.98. The number of hydrogen-bond donors (Lipinski definition) is 2. The highest BCUT2D eigenvalue weighted by molar-refractivity contribution is 6.03. The van der Waals surface area contributed by atoms with Gasteiger partial charge in [-0.2, -0.15) is 0 Å². The van der Waals surface area contributed by atoms with E-state index in [0.717, 1.165) is 22.6 Å². The fraction of sp³-hybridized carbons (Fsp3) is 0.167. The zero-order chi connectivity index (χ0) is 15.4. The van der Waals surface area contributed by atoms with E-state index < -0.39 is 0 Å². The molecule has 0 bridgehead atoms. The number of nitrogens with one attached hydrogen (secondary N) is 2. The maximum atomic E-state index is 11.7. The Kier molecular flexibility index (Phi) is 4.43. The van der Waals surface area contributed by atoms with Crippen molar-refractivity contribution in [1.82, 2.24) is 0 Å². The minimum atomic E-state index is -0.155. The van der Waals surface area contributed by atoms with E-state index >= 15 is 0 Å². The molecule has 0 aliphatic carbocycles. The summed E-state index contributed by atoms with van der Waals surface area (Å²) in [4.78, 5) is 11.7. The van der Waals surface area contributed by atoms with Gasteiger partial charge in [0.1, 0.15) is 0 Å². The molecule has 3 heteroatoms. The smallest absolute Gasteiger partial charge is 0.250 e. The van der Waals surface area contributed by atoms with Gasteiger partial charge in [0, 0.05) is 22.6 Å². The van der Waals surface area contributed by atoms with E-state index in [4.69, 9.17) is 0 Å². The number of benzene rings is 2. The van der Waals surface area contributed by atoms with Crippen LogP contribution in [-0.4, -0.2) is 5.91 Å². The van der Waals surface area contributed by atoms with Crippen LogP contribution in [0.2, 0.25) is 0 Å². The summed E-state index contributed by atoms with van der Waals surface area (Å²) in [6.45, 7) is 9.37. The van der Waals surface area contributed by atoms with Crippen molar-refractivity contribution in [3.05, 3.63) is 65.7 Å². The molecule has 0 aliphatic heterocycles. The van der Waals surface area contributed by atoms with Gasteiger partial charge in [0.15, 0.2) is 0 Å². The molecule has 0 fully saturated rings. The standard InChI is InChI=1S/C18H20N2O/c1-12(2)18(21)20-17-10-9-15(11-14(17)4)19-16-8-6-5-7-13(16)3/h5-11,19H,1H2,2-4H3,(H,20,21). The highest BCUT2D eigenvalue weighted by Crippen LogP contribution is 2.24. The summed E-state index contributed by atoms with van der Waals surface area (Å²) in [5.41, 5.74) is 5.57. The summed E-state index contributed by atoms with van der Waals surface area (Å²) in [5.74, 6) is -0.155. The van der Waals surface area contributed by atoms with Gasteiger partial charge in [-0.05, 0) is 56.2 Å². The normalized spacial score (nSPS) is 10.0. The number of aryl methyl sites for hydroxylation is 2. The van der Waals surface area contributed by atoms with Gasteiger partial charge in [-0.15, -0.1) is 0 Å². The first-order valence-corrected chi connectivity index (χ1v) is 6.87. The second-order valence-electron chi connectivity index (χ2n) is 5.20. The van der Waals surface area contributed by atoms with Crippen molar-refractivity contribution in [3.63, 3.8) is 0 Å². The van der Waals surface area contributed by atoms with Crippen LogP contribution in [0.4, 0.5) is 17.1 Å². The first-order valence-electron chi connectivity index (χ1n) is 6.87. The van der Waals surface area contributed by atoms with Crippen molar-refractivity contribution < 1.29 is 4.79 Å². The first kappa shape index (κ1) is 14.9. The summed E-state index contributed by atoms with van der Waals surface area (Å²) in [6.07, 6.45) is 0. The Morgan fingerprint density at radius 3 is 2.33 bits per heavy atom. The highest BCUT2D eigenvalue weighted by Gasteiger charge is 2.06. The minimum absolute atomic E-state index is 0.155. The fourth-order valence-corrected chi connectivity index (χ4v) is 1.98. The molecule has 2 N–H and O–H groups in total. The zero-order valence-corrected chi connectivity index (χ0v) is 12.7. The Bertz CT molecular complexity index is 689. The van der Waals surface area contributed by atoms with Crippen molar-refractivity contribution in [3.8, 4) is 0 Å². The number of anilines is 3. The molecule has 1 amide bonds. The SMILES string of the molecule is C=C(C)C(=O)Nc1ccc(Nc2ccccc2C)cc1C. The Labute approximate surface area is 125 Å². The van der Waals surface area contributed by atoms with Crippen molar-refractivity contribution in [2.75, 3.05) is 10.6 Å². The van der Waals surface area contributed by atoms with Gasteiger partial charge in [0.2, 0.25) is 0 Å². The summed E-state index contributed by atoms with van der Waals surface area (Å²) in [6, 6.07) is 14.0. The summed E-state index contributed by atoms with van der Waals surface area (Å²) < 4.78 is 0. The first-order chi connectivity index (χ1) is 9.97.